The summed E-state index contributed by atoms with van der Waals surface area (Å²) in [4.78, 5) is 0. The molecule has 0 saturated carbocycles. The summed E-state index contributed by atoms with van der Waals surface area (Å²) in [6, 6.07) is 17.1. The van der Waals surface area contributed by atoms with E-state index in [2.05, 4.69) is 112 Å². The molecule has 1 atom stereocenters. The van der Waals surface area contributed by atoms with Crippen LogP contribution in [0, 0.1) is 3.57 Å². The number of fused-ring (bicyclic) bond motifs is 1. The molecule has 2 heterocycles. The standard InChI is InChI=1S/C19H18IN5/c1-12(2)13-3-5-15(6-4-13)18-11-17(14-7-9-16(20)10-8-14)21-19-22-23-24-25(18)19/h3-12,18H,1-2H3,(H,21,22,24)/t18-/m1/s1. The van der Waals surface area contributed by atoms with Crippen molar-refractivity contribution >= 4 is 34.2 Å². The quantitative estimate of drug-likeness (QED) is 0.608. The van der Waals surface area contributed by atoms with E-state index in [1.165, 1.54) is 14.7 Å². The van der Waals surface area contributed by atoms with Crippen LogP contribution in [0.5, 0.6) is 0 Å². The Labute approximate surface area is 160 Å². The Morgan fingerprint density at radius 2 is 1.76 bits per heavy atom. The van der Waals surface area contributed by atoms with Gasteiger partial charge in [-0.25, -0.2) is 0 Å². The first kappa shape index (κ1) is 16.3. The molecule has 0 radical (unpaired) electrons. The van der Waals surface area contributed by atoms with Crippen molar-refractivity contribution in [2.24, 2.45) is 0 Å². The van der Waals surface area contributed by atoms with Gasteiger partial charge in [0.1, 0.15) is 6.04 Å². The fourth-order valence-corrected chi connectivity index (χ4v) is 3.33. The van der Waals surface area contributed by atoms with Gasteiger partial charge in [0, 0.05) is 9.27 Å². The highest BCUT2D eigenvalue weighted by Crippen LogP contribution is 2.32. The second-order valence-corrected chi connectivity index (χ2v) is 7.67. The molecule has 1 aromatic heterocycles. The summed E-state index contributed by atoms with van der Waals surface area (Å²) >= 11 is 2.31. The number of nitrogens with zero attached hydrogens (tertiary/aromatic N) is 4. The molecule has 0 fully saturated rings. The van der Waals surface area contributed by atoms with Crippen LogP contribution in [0.2, 0.25) is 0 Å². The lowest BCUT2D eigenvalue weighted by Crippen LogP contribution is -2.20. The summed E-state index contributed by atoms with van der Waals surface area (Å²) < 4.78 is 3.03. The SMILES string of the molecule is CC(C)c1ccc([C@H]2C=C(c3ccc(I)cc3)Nc3nnnn32)cc1. The molecule has 0 spiro atoms. The van der Waals surface area contributed by atoms with Crippen molar-refractivity contribution in [3.05, 3.63) is 74.9 Å². The minimum absolute atomic E-state index is 0.0262. The topological polar surface area (TPSA) is 55.6 Å². The van der Waals surface area contributed by atoms with Gasteiger partial charge < -0.3 is 5.32 Å². The first-order valence-corrected chi connectivity index (χ1v) is 9.32. The Morgan fingerprint density at radius 1 is 1.04 bits per heavy atom. The van der Waals surface area contributed by atoms with E-state index in [-0.39, 0.29) is 6.04 Å². The number of nitrogens with one attached hydrogen (secondary N) is 1. The van der Waals surface area contributed by atoms with Gasteiger partial charge in [0.15, 0.2) is 0 Å². The van der Waals surface area contributed by atoms with Crippen LogP contribution in [0.1, 0.15) is 42.5 Å². The molecule has 1 N–H and O–H groups in total. The first-order valence-electron chi connectivity index (χ1n) is 8.24. The Bertz CT molecular complexity index is 910. The lowest BCUT2D eigenvalue weighted by atomic mass is 9.97. The van der Waals surface area contributed by atoms with Crippen LogP contribution >= 0.6 is 22.6 Å². The first-order chi connectivity index (χ1) is 12.1. The van der Waals surface area contributed by atoms with Gasteiger partial charge in [-0.15, -0.1) is 0 Å². The van der Waals surface area contributed by atoms with Crippen LogP contribution in [-0.2, 0) is 0 Å². The zero-order valence-corrected chi connectivity index (χ0v) is 16.2. The molecular formula is C19H18IN5. The average Bonchev–Trinajstić information content (AvgIpc) is 3.10. The molecule has 0 bridgehead atoms. The van der Waals surface area contributed by atoms with E-state index in [1.807, 2.05) is 4.68 Å². The molecule has 5 nitrogen and oxygen atoms in total. The molecule has 0 aliphatic carbocycles. The number of allylic oxidation sites excluding steroid dienone is 1. The normalized spacial score (nSPS) is 16.3. The van der Waals surface area contributed by atoms with Gasteiger partial charge in [-0.05, 0) is 73.8 Å². The minimum atomic E-state index is -0.0262. The third-order valence-corrected chi connectivity index (χ3v) is 5.15. The predicted molar refractivity (Wildman–Crippen MR) is 107 cm³/mol. The molecule has 3 aromatic rings. The summed E-state index contributed by atoms with van der Waals surface area (Å²) in [6.45, 7) is 4.40. The van der Waals surface area contributed by atoms with Gasteiger partial charge >= 0.3 is 0 Å². The third kappa shape index (κ3) is 3.18. The average molecular weight is 443 g/mol. The zero-order valence-electron chi connectivity index (χ0n) is 14.0. The van der Waals surface area contributed by atoms with Crippen LogP contribution in [0.15, 0.2) is 54.6 Å². The molecular weight excluding hydrogens is 425 g/mol. The molecule has 25 heavy (non-hydrogen) atoms. The molecule has 0 unspecified atom stereocenters. The summed E-state index contributed by atoms with van der Waals surface area (Å²) in [5, 5.41) is 15.4. The summed E-state index contributed by atoms with van der Waals surface area (Å²) in [5.74, 6) is 1.18. The van der Waals surface area contributed by atoms with Crippen LogP contribution in [-0.4, -0.2) is 20.2 Å². The number of rotatable bonds is 3. The highest BCUT2D eigenvalue weighted by atomic mass is 127. The van der Waals surface area contributed by atoms with E-state index in [9.17, 15) is 0 Å². The summed E-state index contributed by atoms with van der Waals surface area (Å²) in [6.07, 6.45) is 2.18. The molecule has 2 aromatic carbocycles. The number of aromatic nitrogens is 4. The number of hydrogen-bond donors (Lipinski definition) is 1. The van der Waals surface area contributed by atoms with E-state index in [0.29, 0.717) is 11.9 Å². The lowest BCUT2D eigenvalue weighted by molar-refractivity contribution is 0.585. The maximum absolute atomic E-state index is 4.16. The highest BCUT2D eigenvalue weighted by Gasteiger charge is 2.24. The van der Waals surface area contributed by atoms with Crippen molar-refractivity contribution in [2.45, 2.75) is 25.8 Å². The Hall–Kier alpha value is -2.22. The Balaban J connectivity index is 1.75. The van der Waals surface area contributed by atoms with E-state index in [1.54, 1.807) is 0 Å². The molecule has 1 aliphatic heterocycles. The van der Waals surface area contributed by atoms with Crippen molar-refractivity contribution in [3.63, 3.8) is 0 Å². The number of anilines is 1. The second-order valence-electron chi connectivity index (χ2n) is 6.43. The predicted octanol–water partition coefficient (Wildman–Crippen LogP) is 4.46. The minimum Gasteiger partial charge on any atom is -0.323 e. The zero-order chi connectivity index (χ0) is 17.4. The number of hydrogen-bond acceptors (Lipinski definition) is 4. The van der Waals surface area contributed by atoms with E-state index in [0.717, 1.165) is 11.3 Å². The van der Waals surface area contributed by atoms with Gasteiger partial charge in [-0.3, -0.25) is 0 Å². The van der Waals surface area contributed by atoms with E-state index >= 15 is 0 Å². The van der Waals surface area contributed by atoms with Crippen molar-refractivity contribution < 1.29 is 0 Å². The fraction of sp³-hybridized carbons (Fsp3) is 0.211. The van der Waals surface area contributed by atoms with E-state index in [4.69, 9.17) is 0 Å². The highest BCUT2D eigenvalue weighted by molar-refractivity contribution is 14.1. The summed E-state index contributed by atoms with van der Waals surface area (Å²) in [7, 11) is 0. The maximum Gasteiger partial charge on any atom is 0.248 e. The smallest absolute Gasteiger partial charge is 0.248 e. The van der Waals surface area contributed by atoms with Crippen molar-refractivity contribution in [1.82, 2.24) is 20.2 Å². The second kappa shape index (κ2) is 6.59. The maximum atomic E-state index is 4.16. The van der Waals surface area contributed by atoms with Crippen LogP contribution in [0.3, 0.4) is 0 Å². The molecule has 6 heteroatoms. The lowest BCUT2D eigenvalue weighted by Gasteiger charge is -2.23. The van der Waals surface area contributed by atoms with Crippen molar-refractivity contribution in [3.8, 4) is 0 Å². The van der Waals surface area contributed by atoms with E-state index < -0.39 is 0 Å². The molecule has 4 rings (SSSR count). The number of tetrazole rings is 1. The molecule has 126 valence electrons. The third-order valence-electron chi connectivity index (χ3n) is 4.43. The van der Waals surface area contributed by atoms with Crippen LogP contribution in [0.25, 0.3) is 5.70 Å². The Kier molecular flexibility index (Phi) is 4.29. The number of benzene rings is 2. The number of halogens is 1. The Morgan fingerprint density at radius 3 is 2.44 bits per heavy atom. The van der Waals surface area contributed by atoms with Crippen LogP contribution < -0.4 is 5.32 Å². The monoisotopic (exact) mass is 443 g/mol. The van der Waals surface area contributed by atoms with Crippen LogP contribution in [0.4, 0.5) is 5.95 Å². The van der Waals surface area contributed by atoms with Crippen molar-refractivity contribution in [1.29, 1.82) is 0 Å². The van der Waals surface area contributed by atoms with Gasteiger partial charge in [0.2, 0.25) is 5.95 Å². The largest absolute Gasteiger partial charge is 0.323 e. The van der Waals surface area contributed by atoms with Gasteiger partial charge in [-0.1, -0.05) is 55.3 Å². The molecule has 1 aliphatic rings. The molecule has 0 saturated heterocycles. The molecule has 0 amide bonds. The fourth-order valence-electron chi connectivity index (χ4n) is 2.97. The van der Waals surface area contributed by atoms with Gasteiger partial charge in [-0.2, -0.15) is 4.68 Å². The van der Waals surface area contributed by atoms with Crippen molar-refractivity contribution in [2.75, 3.05) is 5.32 Å². The van der Waals surface area contributed by atoms with Gasteiger partial charge in [0.25, 0.3) is 0 Å². The van der Waals surface area contributed by atoms with Gasteiger partial charge in [0.05, 0.1) is 0 Å². The summed E-state index contributed by atoms with van der Waals surface area (Å²) in [5.41, 5.74) is 4.65.